The maximum Gasteiger partial charge on any atom is 0.352 e. The Balaban J connectivity index is 2.41. The van der Waals surface area contributed by atoms with Crippen LogP contribution in [0.4, 0.5) is 0 Å². The van der Waals surface area contributed by atoms with E-state index in [1.807, 2.05) is 25.1 Å². The van der Waals surface area contributed by atoms with Crippen LogP contribution in [0.15, 0.2) is 30.3 Å². The molecule has 1 atom stereocenters. The van der Waals surface area contributed by atoms with E-state index in [1.165, 1.54) is 16.9 Å². The normalized spacial score (nSPS) is 13.6. The van der Waals surface area contributed by atoms with E-state index < -0.39 is 6.72 Å². The fraction of sp³-hybridized carbons (Fsp3) is 0.533. The molecule has 0 fully saturated rings. The molecule has 1 rings (SSSR count). The molecule has 0 heterocycles. The molecule has 1 aromatic rings. The van der Waals surface area contributed by atoms with Gasteiger partial charge in [-0.25, -0.2) is 0 Å². The average molecular weight is 360 g/mol. The monoisotopic (exact) mass is 360 g/mol. The summed E-state index contributed by atoms with van der Waals surface area (Å²) in [5, 5.41) is 6.32. The van der Waals surface area contributed by atoms with E-state index in [-0.39, 0.29) is 0 Å². The summed E-state index contributed by atoms with van der Waals surface area (Å²) in [4.78, 5) is 0. The molecule has 22 heavy (non-hydrogen) atoms. The minimum Gasteiger partial charge on any atom is -0.362 e. The molecular weight excluding hydrogens is 335 g/mol. The molecule has 0 saturated heterocycles. The quantitative estimate of drug-likeness (QED) is 0.508. The molecule has 0 radical (unpaired) electrons. The van der Waals surface area contributed by atoms with Gasteiger partial charge in [-0.3, -0.25) is 9.65 Å². The fourth-order valence-corrected chi connectivity index (χ4v) is 6.14. The lowest BCUT2D eigenvalue weighted by Gasteiger charge is -2.20. The maximum absolute atomic E-state index is 12.7. The van der Waals surface area contributed by atoms with Crippen molar-refractivity contribution in [1.29, 1.82) is 0 Å². The minimum atomic E-state index is -2.98. The largest absolute Gasteiger partial charge is 0.362 e. The molecule has 0 aliphatic carbocycles. The minimum absolute atomic E-state index is 0.379. The van der Waals surface area contributed by atoms with Gasteiger partial charge in [0.25, 0.3) is 0 Å². The Morgan fingerprint density at radius 1 is 1.36 bits per heavy atom. The van der Waals surface area contributed by atoms with Crippen LogP contribution in [0.25, 0.3) is 0 Å². The van der Waals surface area contributed by atoms with Crippen LogP contribution in [0, 0.1) is 5.92 Å². The van der Waals surface area contributed by atoms with Crippen LogP contribution in [0.1, 0.15) is 26.3 Å². The van der Waals surface area contributed by atoms with Crippen LogP contribution in [0.2, 0.25) is 0 Å². The first-order chi connectivity index (χ1) is 10.4. The van der Waals surface area contributed by atoms with Crippen molar-refractivity contribution >= 4 is 35.4 Å². The molecule has 0 bridgehead atoms. The third-order valence-electron chi connectivity index (χ3n) is 2.66. The van der Waals surface area contributed by atoms with E-state index >= 15 is 0 Å². The number of thiocarbonyl (C=S) groups is 1. The van der Waals surface area contributed by atoms with Crippen molar-refractivity contribution in [2.45, 2.75) is 27.2 Å². The van der Waals surface area contributed by atoms with Gasteiger partial charge < -0.3 is 9.84 Å². The topological polar surface area (TPSA) is 50.4 Å². The van der Waals surface area contributed by atoms with Crippen LogP contribution >= 0.6 is 30.3 Å². The highest BCUT2D eigenvalue weighted by molar-refractivity contribution is 8.56. The van der Waals surface area contributed by atoms with E-state index in [1.54, 1.807) is 0 Å². The molecule has 7 heteroatoms. The van der Waals surface area contributed by atoms with Crippen LogP contribution in [0.3, 0.4) is 0 Å². The summed E-state index contributed by atoms with van der Waals surface area (Å²) in [6.07, 6.45) is 0.862. The van der Waals surface area contributed by atoms with Gasteiger partial charge in [0.1, 0.15) is 0 Å². The Labute approximate surface area is 143 Å². The summed E-state index contributed by atoms with van der Waals surface area (Å²) >= 11 is 6.53. The van der Waals surface area contributed by atoms with Crippen molar-refractivity contribution in [3.63, 3.8) is 0 Å². The number of benzene rings is 1. The second-order valence-corrected chi connectivity index (χ2v) is 9.90. The lowest BCUT2D eigenvalue weighted by Crippen LogP contribution is -2.34. The predicted molar refractivity (Wildman–Crippen MR) is 100 cm³/mol. The van der Waals surface area contributed by atoms with Gasteiger partial charge in [-0.15, -0.1) is 0 Å². The highest BCUT2D eigenvalue weighted by Crippen LogP contribution is 2.56. The molecule has 0 amide bonds. The summed E-state index contributed by atoms with van der Waals surface area (Å²) in [6.45, 7) is 4.10. The first kappa shape index (κ1) is 19.5. The van der Waals surface area contributed by atoms with E-state index in [0.717, 1.165) is 12.2 Å². The van der Waals surface area contributed by atoms with Gasteiger partial charge in [-0.1, -0.05) is 44.2 Å². The molecule has 2 N–H and O–H groups in total. The summed E-state index contributed by atoms with van der Waals surface area (Å²) < 4.78 is 18.1. The van der Waals surface area contributed by atoms with E-state index in [4.69, 9.17) is 16.7 Å². The molecule has 0 aliphatic rings. The van der Waals surface area contributed by atoms with E-state index in [0.29, 0.717) is 24.2 Å². The van der Waals surface area contributed by atoms with E-state index in [9.17, 15) is 4.57 Å². The highest BCUT2D eigenvalue weighted by Gasteiger charge is 2.25. The Hall–Kier alpha value is -0.550. The lowest BCUT2D eigenvalue weighted by molar-refractivity contribution is 0.343. The van der Waals surface area contributed by atoms with Gasteiger partial charge in [-0.2, -0.15) is 0 Å². The third-order valence-corrected chi connectivity index (χ3v) is 7.36. The zero-order chi connectivity index (χ0) is 16.4. The van der Waals surface area contributed by atoms with Crippen LogP contribution in [-0.4, -0.2) is 24.0 Å². The molecule has 124 valence electrons. The second-order valence-electron chi connectivity index (χ2n) is 5.21. The van der Waals surface area contributed by atoms with Gasteiger partial charge in [0.15, 0.2) is 5.11 Å². The molecule has 0 saturated carbocycles. The van der Waals surface area contributed by atoms with E-state index in [2.05, 4.69) is 36.4 Å². The summed E-state index contributed by atoms with van der Waals surface area (Å²) in [5.74, 6) is 1.21. The number of hydrogen-bond donors (Lipinski definition) is 2. The Morgan fingerprint density at radius 2 is 2.05 bits per heavy atom. The van der Waals surface area contributed by atoms with Gasteiger partial charge in [-0.05, 0) is 48.4 Å². The third kappa shape index (κ3) is 8.18. The number of rotatable bonds is 9. The van der Waals surface area contributed by atoms with Crippen LogP contribution in [0.5, 0.6) is 0 Å². The Morgan fingerprint density at radius 3 is 2.64 bits per heavy atom. The zero-order valence-corrected chi connectivity index (χ0v) is 15.9. The maximum atomic E-state index is 12.7. The van der Waals surface area contributed by atoms with Crippen molar-refractivity contribution in [3.8, 4) is 0 Å². The van der Waals surface area contributed by atoms with Gasteiger partial charge in [0.05, 0.1) is 6.61 Å². The molecule has 0 aliphatic heterocycles. The SMILES string of the molecule is CCOP(=O)(NC(=S)NCCc1ccccc1)SCC(C)C. The second kappa shape index (κ2) is 10.3. The van der Waals surface area contributed by atoms with Crippen molar-refractivity contribution < 1.29 is 9.09 Å². The molecule has 1 unspecified atom stereocenters. The summed E-state index contributed by atoms with van der Waals surface area (Å²) in [6, 6.07) is 10.2. The molecule has 4 nitrogen and oxygen atoms in total. The molecule has 0 aromatic heterocycles. The first-order valence-electron chi connectivity index (χ1n) is 7.44. The smallest absolute Gasteiger partial charge is 0.352 e. The molecule has 0 spiro atoms. The zero-order valence-electron chi connectivity index (χ0n) is 13.4. The molecular formula is C15H25N2O2PS2. The van der Waals surface area contributed by atoms with Gasteiger partial charge >= 0.3 is 6.72 Å². The standard InChI is InChI=1S/C15H25N2O2PS2/c1-4-19-20(18,22-12-13(2)3)17-15(21)16-11-10-14-8-6-5-7-9-14/h5-9,13H,4,10-12H2,1-3H3,(H2,16,17,18,21). The van der Waals surface area contributed by atoms with Crippen molar-refractivity contribution in [3.05, 3.63) is 35.9 Å². The van der Waals surface area contributed by atoms with Crippen molar-refractivity contribution in [2.75, 3.05) is 18.9 Å². The lowest BCUT2D eigenvalue weighted by atomic mass is 10.1. The highest BCUT2D eigenvalue weighted by atomic mass is 32.7. The number of nitrogens with one attached hydrogen (secondary N) is 2. The van der Waals surface area contributed by atoms with Gasteiger partial charge in [0, 0.05) is 12.3 Å². The van der Waals surface area contributed by atoms with Crippen LogP contribution < -0.4 is 10.4 Å². The van der Waals surface area contributed by atoms with Gasteiger partial charge in [0.2, 0.25) is 0 Å². The molecule has 1 aromatic carbocycles. The van der Waals surface area contributed by atoms with Crippen molar-refractivity contribution in [1.82, 2.24) is 10.4 Å². The first-order valence-corrected chi connectivity index (χ1v) is 11.1. The summed E-state index contributed by atoms with van der Waals surface area (Å²) in [5.41, 5.74) is 1.24. The Bertz CT molecular complexity index is 498. The fourth-order valence-electron chi connectivity index (χ4n) is 1.65. The Kier molecular flexibility index (Phi) is 9.10. The summed E-state index contributed by atoms with van der Waals surface area (Å²) in [7, 11) is 0. The predicted octanol–water partition coefficient (Wildman–Crippen LogP) is 4.23. The average Bonchev–Trinajstić information content (AvgIpc) is 2.46. The number of hydrogen-bond acceptors (Lipinski definition) is 4. The van der Waals surface area contributed by atoms with Crippen LogP contribution in [-0.2, 0) is 15.5 Å². The van der Waals surface area contributed by atoms with Crippen molar-refractivity contribution in [2.24, 2.45) is 5.92 Å².